The molecule has 86 valence electrons. The van der Waals surface area contributed by atoms with Crippen molar-refractivity contribution in [2.24, 2.45) is 0 Å². The summed E-state index contributed by atoms with van der Waals surface area (Å²) in [4.78, 5) is 11.0. The van der Waals surface area contributed by atoms with Gasteiger partial charge in [0.25, 0.3) is 0 Å². The Bertz CT molecular complexity index is 421. The van der Waals surface area contributed by atoms with Crippen molar-refractivity contribution in [1.29, 1.82) is 0 Å². The average Bonchev–Trinajstić information content (AvgIpc) is 3.02. The topological polar surface area (TPSA) is 55.8 Å². The van der Waals surface area contributed by atoms with Crippen LogP contribution in [0.5, 0.6) is 11.5 Å². The van der Waals surface area contributed by atoms with Crippen molar-refractivity contribution < 1.29 is 19.4 Å². The minimum Gasteiger partial charge on any atom is -0.496 e. The Labute approximate surface area is 93.8 Å². The van der Waals surface area contributed by atoms with Crippen LogP contribution in [0.25, 0.3) is 0 Å². The van der Waals surface area contributed by atoms with Gasteiger partial charge in [-0.25, -0.2) is 4.79 Å². The maximum Gasteiger partial charge on any atom is 0.348 e. The molecular formula is C12H14O4. The van der Waals surface area contributed by atoms with Gasteiger partial charge in [0, 0.05) is 18.4 Å². The number of carbonyl (C=O) groups is 1. The summed E-state index contributed by atoms with van der Waals surface area (Å²) < 4.78 is 10.7. The molecule has 0 aliphatic heterocycles. The second-order valence-corrected chi connectivity index (χ2v) is 3.98. The van der Waals surface area contributed by atoms with Crippen molar-refractivity contribution in [1.82, 2.24) is 0 Å². The van der Waals surface area contributed by atoms with Crippen LogP contribution in [0.1, 0.15) is 18.4 Å². The molecule has 0 radical (unpaired) electrons. The number of carboxylic acids is 1. The van der Waals surface area contributed by atoms with E-state index in [9.17, 15) is 4.79 Å². The summed E-state index contributed by atoms with van der Waals surface area (Å²) in [5, 5.41) is 9.03. The first-order valence-electron chi connectivity index (χ1n) is 5.15. The molecule has 1 fully saturated rings. The number of hydrogen-bond acceptors (Lipinski definition) is 3. The molecule has 4 nitrogen and oxygen atoms in total. The Morgan fingerprint density at radius 3 is 2.50 bits per heavy atom. The summed E-state index contributed by atoms with van der Waals surface area (Å²) in [5.74, 6) is 0.396. The number of benzene rings is 1. The fourth-order valence-corrected chi connectivity index (χ4v) is 1.61. The number of aliphatic carboxylic acids is 1. The van der Waals surface area contributed by atoms with Gasteiger partial charge in [-0.05, 0) is 19.1 Å². The van der Waals surface area contributed by atoms with Gasteiger partial charge < -0.3 is 14.6 Å². The van der Waals surface area contributed by atoms with Crippen molar-refractivity contribution in [3.05, 3.63) is 23.8 Å². The van der Waals surface area contributed by atoms with E-state index in [1.165, 1.54) is 0 Å². The molecule has 0 unspecified atom stereocenters. The highest BCUT2D eigenvalue weighted by Crippen LogP contribution is 2.42. The van der Waals surface area contributed by atoms with E-state index in [2.05, 4.69) is 0 Å². The van der Waals surface area contributed by atoms with Gasteiger partial charge in [-0.3, -0.25) is 0 Å². The van der Waals surface area contributed by atoms with Crippen molar-refractivity contribution in [3.8, 4) is 11.5 Å². The van der Waals surface area contributed by atoms with Crippen molar-refractivity contribution in [2.45, 2.75) is 25.4 Å². The molecule has 0 bridgehead atoms. The van der Waals surface area contributed by atoms with E-state index < -0.39 is 11.6 Å². The molecule has 0 aromatic heterocycles. The predicted molar refractivity (Wildman–Crippen MR) is 58.0 cm³/mol. The number of carboxylic acid groups (broad SMARTS) is 1. The first-order valence-corrected chi connectivity index (χ1v) is 5.15. The SMILES string of the molecule is COc1cccc(OC2(C(=O)O)CC2)c1C. The van der Waals surface area contributed by atoms with E-state index in [-0.39, 0.29) is 0 Å². The van der Waals surface area contributed by atoms with Crippen LogP contribution in [0.15, 0.2) is 18.2 Å². The van der Waals surface area contributed by atoms with Gasteiger partial charge in [-0.1, -0.05) is 6.07 Å². The first kappa shape index (κ1) is 10.8. The lowest BCUT2D eigenvalue weighted by Crippen LogP contribution is -2.29. The molecule has 1 N–H and O–H groups in total. The molecule has 0 amide bonds. The summed E-state index contributed by atoms with van der Waals surface area (Å²) in [6.07, 6.45) is 1.14. The molecule has 0 atom stereocenters. The molecular weight excluding hydrogens is 208 g/mol. The van der Waals surface area contributed by atoms with Gasteiger partial charge in [0.05, 0.1) is 7.11 Å². The summed E-state index contributed by atoms with van der Waals surface area (Å²) in [7, 11) is 1.58. The molecule has 1 aliphatic carbocycles. The smallest absolute Gasteiger partial charge is 0.348 e. The molecule has 0 spiro atoms. The Balaban J connectivity index is 2.25. The molecule has 1 saturated carbocycles. The van der Waals surface area contributed by atoms with E-state index >= 15 is 0 Å². The average molecular weight is 222 g/mol. The zero-order valence-electron chi connectivity index (χ0n) is 9.32. The number of methoxy groups -OCH3 is 1. The Hall–Kier alpha value is -1.71. The van der Waals surface area contributed by atoms with Gasteiger partial charge in [-0.2, -0.15) is 0 Å². The maximum atomic E-state index is 11.0. The van der Waals surface area contributed by atoms with Gasteiger partial charge >= 0.3 is 5.97 Å². The largest absolute Gasteiger partial charge is 0.496 e. The lowest BCUT2D eigenvalue weighted by molar-refractivity contribution is -0.147. The maximum absolute atomic E-state index is 11.0. The van der Waals surface area contributed by atoms with Crippen LogP contribution in [0.3, 0.4) is 0 Å². The predicted octanol–water partition coefficient (Wildman–Crippen LogP) is 2.00. The van der Waals surface area contributed by atoms with E-state index in [0.29, 0.717) is 24.3 Å². The van der Waals surface area contributed by atoms with E-state index in [1.807, 2.05) is 13.0 Å². The molecule has 1 aromatic carbocycles. The normalized spacial score (nSPS) is 16.6. The summed E-state index contributed by atoms with van der Waals surface area (Å²) in [6.45, 7) is 1.85. The summed E-state index contributed by atoms with van der Waals surface area (Å²) >= 11 is 0. The second kappa shape index (κ2) is 3.70. The lowest BCUT2D eigenvalue weighted by atomic mass is 10.2. The van der Waals surface area contributed by atoms with Crippen molar-refractivity contribution >= 4 is 5.97 Å². The highest BCUT2D eigenvalue weighted by atomic mass is 16.5. The highest BCUT2D eigenvalue weighted by Gasteiger charge is 2.53. The van der Waals surface area contributed by atoms with E-state index in [1.54, 1.807) is 19.2 Å². The van der Waals surface area contributed by atoms with Gasteiger partial charge in [-0.15, -0.1) is 0 Å². The quantitative estimate of drug-likeness (QED) is 0.846. The molecule has 16 heavy (non-hydrogen) atoms. The molecule has 1 aliphatic rings. The Kier molecular flexibility index (Phi) is 2.50. The van der Waals surface area contributed by atoms with Gasteiger partial charge in [0.2, 0.25) is 5.60 Å². The Morgan fingerprint density at radius 2 is 2.00 bits per heavy atom. The third-order valence-electron chi connectivity index (χ3n) is 2.85. The number of ether oxygens (including phenoxy) is 2. The minimum absolute atomic E-state index is 0.568. The molecule has 0 heterocycles. The van der Waals surface area contributed by atoms with E-state index in [4.69, 9.17) is 14.6 Å². The van der Waals surface area contributed by atoms with Gasteiger partial charge in [0.1, 0.15) is 11.5 Å². The van der Waals surface area contributed by atoms with Crippen LogP contribution in [0, 0.1) is 6.92 Å². The zero-order chi connectivity index (χ0) is 11.8. The van der Waals surface area contributed by atoms with Gasteiger partial charge in [0.15, 0.2) is 0 Å². The van der Waals surface area contributed by atoms with Crippen molar-refractivity contribution in [2.75, 3.05) is 7.11 Å². The fourth-order valence-electron chi connectivity index (χ4n) is 1.61. The third-order valence-corrected chi connectivity index (χ3v) is 2.85. The minimum atomic E-state index is -1.00. The standard InChI is InChI=1S/C12H14O4/c1-8-9(15-2)4-3-5-10(8)16-12(6-7-12)11(13)14/h3-5H,6-7H2,1-2H3,(H,13,14). The van der Waals surface area contributed by atoms with Crippen LogP contribution >= 0.6 is 0 Å². The highest BCUT2D eigenvalue weighted by molar-refractivity contribution is 5.81. The molecule has 4 heteroatoms. The first-order chi connectivity index (χ1) is 7.59. The molecule has 0 saturated heterocycles. The second-order valence-electron chi connectivity index (χ2n) is 3.98. The number of hydrogen-bond donors (Lipinski definition) is 1. The monoisotopic (exact) mass is 222 g/mol. The number of rotatable bonds is 4. The van der Waals surface area contributed by atoms with Crippen LogP contribution < -0.4 is 9.47 Å². The molecule has 1 aromatic rings. The summed E-state index contributed by atoms with van der Waals surface area (Å²) in [5.41, 5.74) is -0.172. The summed E-state index contributed by atoms with van der Waals surface area (Å²) in [6, 6.07) is 5.38. The zero-order valence-corrected chi connectivity index (χ0v) is 9.32. The van der Waals surface area contributed by atoms with Crippen LogP contribution in [0.4, 0.5) is 0 Å². The third kappa shape index (κ3) is 1.71. The van der Waals surface area contributed by atoms with Crippen LogP contribution in [0.2, 0.25) is 0 Å². The van der Waals surface area contributed by atoms with Crippen LogP contribution in [-0.2, 0) is 4.79 Å². The van der Waals surface area contributed by atoms with E-state index in [0.717, 1.165) is 5.56 Å². The Morgan fingerprint density at radius 1 is 1.38 bits per heavy atom. The molecule has 2 rings (SSSR count). The van der Waals surface area contributed by atoms with Crippen molar-refractivity contribution in [3.63, 3.8) is 0 Å². The van der Waals surface area contributed by atoms with Crippen LogP contribution in [-0.4, -0.2) is 23.8 Å². The lowest BCUT2D eigenvalue weighted by Gasteiger charge is -2.16. The fraction of sp³-hybridized carbons (Fsp3) is 0.417.